The molecular weight excluding hydrogens is 306 g/mol. The molecule has 0 saturated carbocycles. The monoisotopic (exact) mass is 325 g/mol. The molecule has 0 aromatic heterocycles. The number of hydrogen-bond acceptors (Lipinski definition) is 4. The van der Waals surface area contributed by atoms with Crippen LogP contribution in [0.5, 0.6) is 5.75 Å². The quantitative estimate of drug-likeness (QED) is 0.844. The highest BCUT2D eigenvalue weighted by Crippen LogP contribution is 2.30. The van der Waals surface area contributed by atoms with Gasteiger partial charge in [-0.15, -0.1) is 0 Å². The van der Waals surface area contributed by atoms with E-state index in [2.05, 4.69) is 5.32 Å². The van der Waals surface area contributed by atoms with Crippen molar-refractivity contribution in [3.05, 3.63) is 28.8 Å². The van der Waals surface area contributed by atoms with E-state index in [0.717, 1.165) is 17.7 Å². The Morgan fingerprint density at radius 1 is 1.50 bits per heavy atom. The van der Waals surface area contributed by atoms with Gasteiger partial charge in [-0.25, -0.2) is 0 Å². The van der Waals surface area contributed by atoms with Gasteiger partial charge < -0.3 is 14.8 Å². The van der Waals surface area contributed by atoms with Gasteiger partial charge in [0.25, 0.3) is 5.91 Å². The lowest BCUT2D eigenvalue weighted by Crippen LogP contribution is -2.37. The molecule has 1 N–H and O–H groups in total. The lowest BCUT2D eigenvalue weighted by Gasteiger charge is -2.24. The Kier molecular flexibility index (Phi) is 5.66. The van der Waals surface area contributed by atoms with Crippen LogP contribution in [0.2, 0.25) is 5.02 Å². The molecule has 22 heavy (non-hydrogen) atoms. The van der Waals surface area contributed by atoms with E-state index in [4.69, 9.17) is 21.1 Å². The number of hydrogen-bond donors (Lipinski definition) is 1. The molecule has 5 nitrogen and oxygen atoms in total. The maximum atomic E-state index is 12.0. The zero-order valence-electron chi connectivity index (χ0n) is 12.7. The van der Waals surface area contributed by atoms with Crippen LogP contribution in [-0.4, -0.2) is 31.1 Å². The Hall–Kier alpha value is -1.75. The molecule has 0 fully saturated rings. The first kappa shape index (κ1) is 16.6. The van der Waals surface area contributed by atoms with Crippen LogP contribution in [-0.2, 0) is 20.7 Å². The second kappa shape index (κ2) is 7.49. The van der Waals surface area contributed by atoms with Crippen molar-refractivity contribution in [3.8, 4) is 5.75 Å². The summed E-state index contributed by atoms with van der Waals surface area (Å²) in [7, 11) is 0. The normalized spacial score (nSPS) is 17.9. The molecule has 120 valence electrons. The van der Waals surface area contributed by atoms with Gasteiger partial charge in [0.15, 0.2) is 6.61 Å². The highest BCUT2D eigenvalue weighted by Gasteiger charge is 2.28. The third-order valence-corrected chi connectivity index (χ3v) is 3.86. The lowest BCUT2D eigenvalue weighted by atomic mass is 9.97. The summed E-state index contributed by atoms with van der Waals surface area (Å²) in [6, 6.07) is 5.39. The minimum atomic E-state index is -0.426. The molecule has 0 spiro atoms. The van der Waals surface area contributed by atoms with Gasteiger partial charge in [0, 0.05) is 11.1 Å². The molecule has 0 unspecified atom stereocenters. The Bertz CT molecular complexity index is 561. The van der Waals surface area contributed by atoms with Crippen molar-refractivity contribution in [3.63, 3.8) is 0 Å². The molecular formula is C16H20ClNO4. The highest BCUT2D eigenvalue weighted by molar-refractivity contribution is 6.30. The zero-order chi connectivity index (χ0) is 16.1. The van der Waals surface area contributed by atoms with Gasteiger partial charge in [0.05, 0.1) is 5.92 Å². The van der Waals surface area contributed by atoms with Gasteiger partial charge in [-0.1, -0.05) is 18.5 Å². The fourth-order valence-corrected chi connectivity index (χ4v) is 2.38. The molecule has 1 amide bonds. The van der Waals surface area contributed by atoms with Gasteiger partial charge in [0.1, 0.15) is 12.4 Å². The fourth-order valence-electron chi connectivity index (χ4n) is 2.19. The van der Waals surface area contributed by atoms with Crippen molar-refractivity contribution in [1.82, 2.24) is 5.32 Å². The number of carbonyl (C=O) groups is 2. The van der Waals surface area contributed by atoms with Crippen molar-refractivity contribution in [2.24, 2.45) is 5.92 Å². The number of nitrogens with one attached hydrogen (secondary N) is 1. The Balaban J connectivity index is 1.85. The van der Waals surface area contributed by atoms with Crippen LogP contribution in [0.15, 0.2) is 18.2 Å². The van der Waals surface area contributed by atoms with Crippen LogP contribution < -0.4 is 10.1 Å². The number of esters is 1. The van der Waals surface area contributed by atoms with E-state index in [1.807, 2.05) is 13.8 Å². The molecule has 1 heterocycles. The number of benzene rings is 1. The molecule has 0 radical (unpaired) electrons. The number of amides is 1. The maximum Gasteiger partial charge on any atom is 0.313 e. The summed E-state index contributed by atoms with van der Waals surface area (Å²) in [5, 5.41) is 3.35. The van der Waals surface area contributed by atoms with Crippen molar-refractivity contribution in [2.45, 2.75) is 32.7 Å². The molecule has 2 rings (SSSR count). The summed E-state index contributed by atoms with van der Waals surface area (Å²) < 4.78 is 10.6. The number of ether oxygens (including phenoxy) is 2. The Morgan fingerprint density at radius 3 is 3.00 bits per heavy atom. The molecule has 1 aliphatic heterocycles. The first-order valence-electron chi connectivity index (χ1n) is 7.36. The molecule has 1 aromatic carbocycles. The third kappa shape index (κ3) is 4.37. The largest absolute Gasteiger partial charge is 0.492 e. The van der Waals surface area contributed by atoms with Crippen molar-refractivity contribution >= 4 is 23.5 Å². The summed E-state index contributed by atoms with van der Waals surface area (Å²) >= 11 is 5.94. The molecule has 2 atom stereocenters. The Morgan fingerprint density at radius 2 is 2.27 bits per heavy atom. The predicted octanol–water partition coefficient (Wildman–Crippen LogP) is 2.35. The molecule has 6 heteroatoms. The number of rotatable bonds is 5. The van der Waals surface area contributed by atoms with E-state index in [9.17, 15) is 9.59 Å². The average Bonchev–Trinajstić information content (AvgIpc) is 2.51. The molecule has 0 bridgehead atoms. The van der Waals surface area contributed by atoms with Crippen molar-refractivity contribution < 1.29 is 19.1 Å². The first-order valence-corrected chi connectivity index (χ1v) is 7.74. The van der Waals surface area contributed by atoms with E-state index < -0.39 is 11.9 Å². The predicted molar refractivity (Wildman–Crippen MR) is 83.0 cm³/mol. The Labute approximate surface area is 134 Å². The highest BCUT2D eigenvalue weighted by atomic mass is 35.5. The van der Waals surface area contributed by atoms with Crippen molar-refractivity contribution in [2.75, 3.05) is 13.2 Å². The van der Waals surface area contributed by atoms with E-state index in [0.29, 0.717) is 11.4 Å². The second-order valence-corrected chi connectivity index (χ2v) is 5.89. The second-order valence-electron chi connectivity index (χ2n) is 5.45. The fraction of sp³-hybridized carbons (Fsp3) is 0.500. The van der Waals surface area contributed by atoms with Gasteiger partial charge in [0.2, 0.25) is 0 Å². The molecule has 1 aliphatic rings. The van der Waals surface area contributed by atoms with Gasteiger partial charge in [-0.05, 0) is 43.5 Å². The average molecular weight is 326 g/mol. The lowest BCUT2D eigenvalue weighted by molar-refractivity contribution is -0.154. The summed E-state index contributed by atoms with van der Waals surface area (Å²) in [6.45, 7) is 3.86. The SMILES string of the molecule is CC[C@H](C)NC(=O)COC(=O)[C@@H]1COc2ccc(Cl)cc2C1. The first-order chi connectivity index (χ1) is 10.5. The van der Waals surface area contributed by atoms with Crippen LogP contribution in [0, 0.1) is 5.92 Å². The van der Waals surface area contributed by atoms with Gasteiger partial charge in [-0.2, -0.15) is 0 Å². The van der Waals surface area contributed by atoms with Gasteiger partial charge >= 0.3 is 5.97 Å². The molecule has 0 aliphatic carbocycles. The number of fused-ring (bicyclic) bond motifs is 1. The van der Waals surface area contributed by atoms with Crippen LogP contribution in [0.1, 0.15) is 25.8 Å². The molecule has 0 saturated heterocycles. The smallest absolute Gasteiger partial charge is 0.313 e. The summed E-state index contributed by atoms with van der Waals surface area (Å²) in [4.78, 5) is 23.6. The van der Waals surface area contributed by atoms with E-state index in [1.54, 1.807) is 18.2 Å². The summed E-state index contributed by atoms with van der Waals surface area (Å²) in [6.07, 6.45) is 1.33. The van der Waals surface area contributed by atoms with Crippen LogP contribution in [0.3, 0.4) is 0 Å². The van der Waals surface area contributed by atoms with Crippen molar-refractivity contribution in [1.29, 1.82) is 0 Å². The van der Waals surface area contributed by atoms with E-state index >= 15 is 0 Å². The molecule has 1 aromatic rings. The van der Waals surface area contributed by atoms with Gasteiger partial charge in [-0.3, -0.25) is 9.59 Å². The summed E-state index contributed by atoms with van der Waals surface area (Å²) in [5.41, 5.74) is 0.879. The minimum Gasteiger partial charge on any atom is -0.492 e. The number of halogens is 1. The maximum absolute atomic E-state index is 12.0. The van der Waals surface area contributed by atoms with E-state index in [1.165, 1.54) is 0 Å². The zero-order valence-corrected chi connectivity index (χ0v) is 13.5. The van der Waals surface area contributed by atoms with E-state index in [-0.39, 0.29) is 25.2 Å². The summed E-state index contributed by atoms with van der Waals surface area (Å²) in [5.74, 6) is -0.391. The van der Waals surface area contributed by atoms with Crippen LogP contribution in [0.25, 0.3) is 0 Å². The third-order valence-electron chi connectivity index (χ3n) is 3.63. The topological polar surface area (TPSA) is 64.6 Å². The minimum absolute atomic E-state index is 0.0678. The number of carbonyl (C=O) groups excluding carboxylic acids is 2. The standard InChI is InChI=1S/C16H20ClNO4/c1-3-10(2)18-15(19)9-22-16(20)12-6-11-7-13(17)4-5-14(11)21-8-12/h4-5,7,10,12H,3,6,8-9H2,1-2H3,(H,18,19)/t10-,12-/m0/s1. The van der Waals surface area contributed by atoms with Crippen LogP contribution >= 0.6 is 11.6 Å². The van der Waals surface area contributed by atoms with Crippen LogP contribution in [0.4, 0.5) is 0 Å².